The van der Waals surface area contributed by atoms with Gasteiger partial charge in [0.1, 0.15) is 5.82 Å². The molecule has 2 aromatic carbocycles. The molecule has 0 aliphatic rings. The van der Waals surface area contributed by atoms with Gasteiger partial charge >= 0.3 is 5.97 Å². The number of carbonyl (C=O) groups is 1. The minimum absolute atomic E-state index is 0.336. The standard InChI is InChI=1S/C19H16N2O2/c1-23-19(22)17-9-3-2-8-16(17)15-7-4-6-14(12-15)13-18-20-10-5-11-21-18/h2-12H,13H2,1H3. The zero-order valence-electron chi connectivity index (χ0n) is 12.8. The molecule has 0 amide bonds. The van der Waals surface area contributed by atoms with Crippen LogP contribution in [0.15, 0.2) is 67.0 Å². The second kappa shape index (κ2) is 6.83. The Labute approximate surface area is 134 Å². The number of esters is 1. The first-order valence-electron chi connectivity index (χ1n) is 7.30. The van der Waals surface area contributed by atoms with Crippen molar-refractivity contribution in [1.82, 2.24) is 9.97 Å². The van der Waals surface area contributed by atoms with Gasteiger partial charge in [-0.25, -0.2) is 14.8 Å². The third-order valence-corrected chi connectivity index (χ3v) is 3.55. The van der Waals surface area contributed by atoms with E-state index in [1.165, 1.54) is 7.11 Å². The maximum Gasteiger partial charge on any atom is 0.338 e. The van der Waals surface area contributed by atoms with Gasteiger partial charge in [0.05, 0.1) is 12.7 Å². The smallest absolute Gasteiger partial charge is 0.338 e. The van der Waals surface area contributed by atoms with Crippen molar-refractivity contribution in [3.05, 3.63) is 83.9 Å². The largest absolute Gasteiger partial charge is 0.465 e. The summed E-state index contributed by atoms with van der Waals surface area (Å²) in [6.45, 7) is 0. The normalized spacial score (nSPS) is 10.3. The lowest BCUT2D eigenvalue weighted by Crippen LogP contribution is -2.03. The molecule has 0 aliphatic heterocycles. The van der Waals surface area contributed by atoms with Gasteiger partial charge in [-0.1, -0.05) is 42.5 Å². The van der Waals surface area contributed by atoms with Gasteiger partial charge in [0, 0.05) is 18.8 Å². The second-order valence-electron chi connectivity index (χ2n) is 5.08. The van der Waals surface area contributed by atoms with E-state index >= 15 is 0 Å². The molecule has 3 aromatic rings. The third-order valence-electron chi connectivity index (χ3n) is 3.55. The van der Waals surface area contributed by atoms with E-state index in [0.717, 1.165) is 22.5 Å². The maximum atomic E-state index is 11.9. The first-order valence-corrected chi connectivity index (χ1v) is 7.30. The topological polar surface area (TPSA) is 52.1 Å². The average Bonchev–Trinajstić information content (AvgIpc) is 2.62. The predicted octanol–water partition coefficient (Wildman–Crippen LogP) is 3.52. The van der Waals surface area contributed by atoms with E-state index < -0.39 is 0 Å². The van der Waals surface area contributed by atoms with Crippen molar-refractivity contribution < 1.29 is 9.53 Å². The van der Waals surface area contributed by atoms with E-state index in [-0.39, 0.29) is 5.97 Å². The van der Waals surface area contributed by atoms with Crippen molar-refractivity contribution in [2.24, 2.45) is 0 Å². The third kappa shape index (κ3) is 3.43. The molecule has 0 bridgehead atoms. The fourth-order valence-electron chi connectivity index (χ4n) is 2.48. The number of ether oxygens (including phenoxy) is 1. The van der Waals surface area contributed by atoms with Crippen LogP contribution in [-0.2, 0) is 11.2 Å². The fourth-order valence-corrected chi connectivity index (χ4v) is 2.48. The highest BCUT2D eigenvalue weighted by atomic mass is 16.5. The average molecular weight is 304 g/mol. The molecule has 4 nitrogen and oxygen atoms in total. The predicted molar refractivity (Wildman–Crippen MR) is 88.1 cm³/mol. The van der Waals surface area contributed by atoms with Crippen LogP contribution < -0.4 is 0 Å². The first kappa shape index (κ1) is 14.9. The van der Waals surface area contributed by atoms with Crippen LogP contribution in [0.2, 0.25) is 0 Å². The summed E-state index contributed by atoms with van der Waals surface area (Å²) in [5.41, 5.74) is 3.48. The van der Waals surface area contributed by atoms with Gasteiger partial charge in [0.15, 0.2) is 0 Å². The minimum atomic E-state index is -0.336. The number of hydrogen-bond donors (Lipinski definition) is 0. The molecule has 0 radical (unpaired) electrons. The highest BCUT2D eigenvalue weighted by molar-refractivity contribution is 5.97. The molecule has 1 aromatic heterocycles. The Hall–Kier alpha value is -3.01. The second-order valence-corrected chi connectivity index (χ2v) is 5.08. The molecule has 1 heterocycles. The Morgan fingerprint density at radius 3 is 2.57 bits per heavy atom. The summed E-state index contributed by atoms with van der Waals surface area (Å²) < 4.78 is 4.87. The molecule has 4 heteroatoms. The summed E-state index contributed by atoms with van der Waals surface area (Å²) in [6, 6.07) is 17.3. The summed E-state index contributed by atoms with van der Waals surface area (Å²) >= 11 is 0. The number of carbonyl (C=O) groups excluding carboxylic acids is 1. The first-order chi connectivity index (χ1) is 11.3. The van der Waals surface area contributed by atoms with Crippen LogP contribution in [0, 0.1) is 0 Å². The number of aromatic nitrogens is 2. The number of nitrogens with zero attached hydrogens (tertiary/aromatic N) is 2. The summed E-state index contributed by atoms with van der Waals surface area (Å²) in [4.78, 5) is 20.4. The van der Waals surface area contributed by atoms with E-state index in [2.05, 4.69) is 16.0 Å². The minimum Gasteiger partial charge on any atom is -0.465 e. The molecule has 23 heavy (non-hydrogen) atoms. The number of methoxy groups -OCH3 is 1. The number of benzene rings is 2. The lowest BCUT2D eigenvalue weighted by Gasteiger charge is -2.09. The Bertz CT molecular complexity index is 816. The Morgan fingerprint density at radius 1 is 1.00 bits per heavy atom. The molecule has 0 aliphatic carbocycles. The molecular formula is C19H16N2O2. The molecule has 3 rings (SSSR count). The maximum absolute atomic E-state index is 11.9. The van der Waals surface area contributed by atoms with Gasteiger partial charge in [0.25, 0.3) is 0 Å². The van der Waals surface area contributed by atoms with Crippen LogP contribution in [0.5, 0.6) is 0 Å². The van der Waals surface area contributed by atoms with Gasteiger partial charge in [-0.2, -0.15) is 0 Å². The fraction of sp³-hybridized carbons (Fsp3) is 0.105. The van der Waals surface area contributed by atoms with Gasteiger partial charge in [-0.15, -0.1) is 0 Å². The van der Waals surface area contributed by atoms with Gasteiger partial charge in [-0.3, -0.25) is 0 Å². The monoisotopic (exact) mass is 304 g/mol. The highest BCUT2D eigenvalue weighted by Gasteiger charge is 2.12. The Morgan fingerprint density at radius 2 is 1.78 bits per heavy atom. The molecule has 0 N–H and O–H groups in total. The van der Waals surface area contributed by atoms with Crippen molar-refractivity contribution in [1.29, 1.82) is 0 Å². The summed E-state index contributed by atoms with van der Waals surface area (Å²) in [5, 5.41) is 0. The van der Waals surface area contributed by atoms with E-state index in [9.17, 15) is 4.79 Å². The SMILES string of the molecule is COC(=O)c1ccccc1-c1cccc(Cc2ncccn2)c1. The van der Waals surface area contributed by atoms with Crippen molar-refractivity contribution in [2.75, 3.05) is 7.11 Å². The molecule has 0 atom stereocenters. The van der Waals surface area contributed by atoms with Gasteiger partial charge in [-0.05, 0) is 28.8 Å². The van der Waals surface area contributed by atoms with Crippen LogP contribution >= 0.6 is 0 Å². The molecule has 114 valence electrons. The van der Waals surface area contributed by atoms with Gasteiger partial charge < -0.3 is 4.74 Å². The molecule has 0 fully saturated rings. The molecule has 0 unspecified atom stereocenters. The number of rotatable bonds is 4. The summed E-state index contributed by atoms with van der Waals surface area (Å²) in [7, 11) is 1.39. The van der Waals surface area contributed by atoms with Crippen LogP contribution in [0.3, 0.4) is 0 Å². The zero-order chi connectivity index (χ0) is 16.1. The molecule has 0 spiro atoms. The van der Waals surface area contributed by atoms with Crippen LogP contribution in [0.4, 0.5) is 0 Å². The molecular weight excluding hydrogens is 288 g/mol. The highest BCUT2D eigenvalue weighted by Crippen LogP contribution is 2.25. The quantitative estimate of drug-likeness (QED) is 0.692. The van der Waals surface area contributed by atoms with E-state index in [1.54, 1.807) is 24.5 Å². The summed E-state index contributed by atoms with van der Waals surface area (Å²) in [5.74, 6) is 0.434. The summed E-state index contributed by atoms with van der Waals surface area (Å²) in [6.07, 6.45) is 4.12. The van der Waals surface area contributed by atoms with Crippen LogP contribution in [-0.4, -0.2) is 23.0 Å². The van der Waals surface area contributed by atoms with E-state index in [0.29, 0.717) is 12.0 Å². The molecule has 0 saturated carbocycles. The molecule has 0 saturated heterocycles. The van der Waals surface area contributed by atoms with Crippen molar-refractivity contribution >= 4 is 5.97 Å². The van der Waals surface area contributed by atoms with Crippen LogP contribution in [0.25, 0.3) is 11.1 Å². The number of hydrogen-bond acceptors (Lipinski definition) is 4. The van der Waals surface area contributed by atoms with Crippen molar-refractivity contribution in [3.63, 3.8) is 0 Å². The zero-order valence-corrected chi connectivity index (χ0v) is 12.8. The van der Waals surface area contributed by atoms with Crippen molar-refractivity contribution in [2.45, 2.75) is 6.42 Å². The Kier molecular flexibility index (Phi) is 4.43. The lowest BCUT2D eigenvalue weighted by atomic mass is 9.97. The Balaban J connectivity index is 1.96. The van der Waals surface area contributed by atoms with Gasteiger partial charge in [0.2, 0.25) is 0 Å². The van der Waals surface area contributed by atoms with Crippen molar-refractivity contribution in [3.8, 4) is 11.1 Å². The van der Waals surface area contributed by atoms with E-state index in [1.807, 2.05) is 36.4 Å². The van der Waals surface area contributed by atoms with E-state index in [4.69, 9.17) is 4.74 Å². The van der Waals surface area contributed by atoms with Crippen LogP contribution in [0.1, 0.15) is 21.7 Å². The lowest BCUT2D eigenvalue weighted by molar-refractivity contribution is 0.0601.